The van der Waals surface area contributed by atoms with Gasteiger partial charge in [0.2, 0.25) is 0 Å². The summed E-state index contributed by atoms with van der Waals surface area (Å²) in [7, 11) is 0. The van der Waals surface area contributed by atoms with E-state index in [0.29, 0.717) is 0 Å². The minimum absolute atomic E-state index is 0. The number of fused-ring (bicyclic) bond motifs is 1. The first kappa shape index (κ1) is 9.69. The van der Waals surface area contributed by atoms with Crippen molar-refractivity contribution in [2.45, 2.75) is 7.43 Å². The van der Waals surface area contributed by atoms with Crippen LogP contribution in [0.2, 0.25) is 0 Å². The maximum atomic E-state index is 4.14. The van der Waals surface area contributed by atoms with Gasteiger partial charge in [-0.25, -0.2) is 4.52 Å². The molecule has 2 aromatic heterocycles. The summed E-state index contributed by atoms with van der Waals surface area (Å²) >= 11 is 3.83. The van der Waals surface area contributed by atoms with Crippen LogP contribution in [-0.4, -0.2) is 9.61 Å². The van der Waals surface area contributed by atoms with Crippen LogP contribution in [0.4, 0.5) is 0 Å². The van der Waals surface area contributed by atoms with Crippen molar-refractivity contribution < 1.29 is 0 Å². The Morgan fingerprint density at radius 1 is 1.31 bits per heavy atom. The van der Waals surface area contributed by atoms with E-state index in [2.05, 4.69) is 28.9 Å². The van der Waals surface area contributed by atoms with Crippen molar-refractivity contribution >= 4 is 18.1 Å². The van der Waals surface area contributed by atoms with Gasteiger partial charge in [0, 0.05) is 6.20 Å². The molecule has 0 N–H and O–H groups in total. The predicted molar refractivity (Wildman–Crippen MR) is 57.8 cm³/mol. The van der Waals surface area contributed by atoms with Crippen LogP contribution in [0.5, 0.6) is 0 Å². The molecule has 66 valence electrons. The molecular formula is C10H10N2S. The first-order valence-corrected chi connectivity index (χ1v) is 3.94. The van der Waals surface area contributed by atoms with Gasteiger partial charge < -0.3 is 0 Å². The van der Waals surface area contributed by atoms with Crippen molar-refractivity contribution in [2.24, 2.45) is 0 Å². The van der Waals surface area contributed by atoms with Crippen molar-refractivity contribution in [1.82, 2.24) is 9.61 Å². The Morgan fingerprint density at radius 2 is 2.15 bits per heavy atom. The highest BCUT2D eigenvalue weighted by Gasteiger charge is 1.96. The standard InChI is InChI=1S/C9H6N2S.CH4/c12-7-5-9-4-3-8-2-1-6-10-11(8)9;/h1-4,6,12H;1H4. The molecule has 2 aromatic rings. The van der Waals surface area contributed by atoms with E-state index in [-0.39, 0.29) is 7.43 Å². The molecule has 0 aliphatic carbocycles. The fourth-order valence-electron chi connectivity index (χ4n) is 1.10. The Labute approximate surface area is 83.0 Å². The van der Waals surface area contributed by atoms with Crippen molar-refractivity contribution in [2.75, 3.05) is 0 Å². The number of thiol groups is 1. The molecule has 0 spiro atoms. The van der Waals surface area contributed by atoms with E-state index in [1.165, 1.54) is 0 Å². The number of aromatic nitrogens is 2. The van der Waals surface area contributed by atoms with Gasteiger partial charge in [-0.15, -0.1) is 0 Å². The van der Waals surface area contributed by atoms with Gasteiger partial charge in [-0.1, -0.05) is 20.1 Å². The molecule has 2 rings (SSSR count). The second-order valence-corrected chi connectivity index (χ2v) is 2.54. The van der Waals surface area contributed by atoms with Crippen LogP contribution in [0.15, 0.2) is 30.5 Å². The Balaban J connectivity index is 0.000000845. The largest absolute Gasteiger partial charge is 0.225 e. The van der Waals surface area contributed by atoms with Crippen LogP contribution in [0.1, 0.15) is 13.1 Å². The van der Waals surface area contributed by atoms with Crippen LogP contribution in [0.3, 0.4) is 0 Å². The summed E-state index contributed by atoms with van der Waals surface area (Å²) in [6, 6.07) is 7.77. The Hall–Kier alpha value is -1.40. The summed E-state index contributed by atoms with van der Waals surface area (Å²) in [5.74, 6) is 2.85. The zero-order valence-electron chi connectivity index (χ0n) is 6.23. The lowest BCUT2D eigenvalue weighted by atomic mass is 10.4. The minimum Gasteiger partial charge on any atom is -0.225 e. The second-order valence-electron chi connectivity index (χ2n) is 2.32. The molecule has 3 heteroatoms. The molecule has 2 heterocycles. The van der Waals surface area contributed by atoms with E-state index in [1.54, 1.807) is 10.7 Å². The second kappa shape index (κ2) is 4.01. The highest BCUT2D eigenvalue weighted by Crippen LogP contribution is 2.05. The Morgan fingerprint density at radius 3 is 2.92 bits per heavy atom. The third-order valence-electron chi connectivity index (χ3n) is 1.60. The molecule has 0 unspecified atom stereocenters. The molecule has 13 heavy (non-hydrogen) atoms. The fourth-order valence-corrected chi connectivity index (χ4v) is 1.21. The third kappa shape index (κ3) is 1.68. The lowest BCUT2D eigenvalue weighted by Crippen LogP contribution is -1.91. The van der Waals surface area contributed by atoms with Crippen LogP contribution in [0, 0.1) is 11.2 Å². The van der Waals surface area contributed by atoms with Gasteiger partial charge in [0.15, 0.2) is 0 Å². The van der Waals surface area contributed by atoms with Gasteiger partial charge in [-0.2, -0.15) is 5.10 Å². The number of hydrogen-bond acceptors (Lipinski definition) is 2. The summed E-state index contributed by atoms with van der Waals surface area (Å²) in [5, 5.41) is 6.69. The maximum absolute atomic E-state index is 4.14. The summed E-state index contributed by atoms with van der Waals surface area (Å²) in [6.07, 6.45) is 1.73. The van der Waals surface area contributed by atoms with Crippen LogP contribution < -0.4 is 0 Å². The molecule has 0 bridgehead atoms. The molecule has 0 amide bonds. The van der Waals surface area contributed by atoms with Gasteiger partial charge in [-0.3, -0.25) is 0 Å². The molecule has 0 atom stereocenters. The molecule has 0 saturated heterocycles. The smallest absolute Gasteiger partial charge is 0.116 e. The van der Waals surface area contributed by atoms with Crippen molar-refractivity contribution in [3.8, 4) is 11.2 Å². The van der Waals surface area contributed by atoms with Crippen molar-refractivity contribution in [3.63, 3.8) is 0 Å². The number of hydrogen-bond donors (Lipinski definition) is 1. The minimum atomic E-state index is 0. The lowest BCUT2D eigenvalue weighted by Gasteiger charge is -1.91. The highest BCUT2D eigenvalue weighted by molar-refractivity contribution is 7.85. The van der Waals surface area contributed by atoms with E-state index in [9.17, 15) is 0 Å². The number of nitrogens with zero attached hydrogens (tertiary/aromatic N) is 2. The molecule has 2 nitrogen and oxygen atoms in total. The zero-order chi connectivity index (χ0) is 8.39. The van der Waals surface area contributed by atoms with Crippen molar-refractivity contribution in [3.05, 3.63) is 36.2 Å². The molecule has 0 radical (unpaired) electrons. The first-order valence-electron chi connectivity index (χ1n) is 3.50. The highest BCUT2D eigenvalue weighted by atomic mass is 32.1. The van der Waals surface area contributed by atoms with E-state index in [1.807, 2.05) is 24.3 Å². The summed E-state index contributed by atoms with van der Waals surface area (Å²) in [5.41, 5.74) is 1.91. The molecule has 0 aliphatic heterocycles. The van der Waals surface area contributed by atoms with E-state index in [4.69, 9.17) is 0 Å². The molecule has 0 aliphatic rings. The number of rotatable bonds is 0. The summed E-state index contributed by atoms with van der Waals surface area (Å²) in [4.78, 5) is 0. The van der Waals surface area contributed by atoms with Crippen molar-refractivity contribution in [1.29, 1.82) is 0 Å². The Bertz CT molecular complexity index is 462. The van der Waals surface area contributed by atoms with E-state index >= 15 is 0 Å². The normalized spacial score (nSPS) is 8.69. The average Bonchev–Trinajstić information content (AvgIpc) is 2.50. The topological polar surface area (TPSA) is 17.3 Å². The predicted octanol–water partition coefficient (Wildman–Crippen LogP) is 2.21. The van der Waals surface area contributed by atoms with Gasteiger partial charge in [0.25, 0.3) is 0 Å². The molecular weight excluding hydrogens is 180 g/mol. The molecule has 0 aromatic carbocycles. The molecule has 0 saturated carbocycles. The van der Waals surface area contributed by atoms with Gasteiger partial charge in [-0.05, 0) is 35.4 Å². The summed E-state index contributed by atoms with van der Waals surface area (Å²) < 4.78 is 1.78. The SMILES string of the molecule is C.SC#Cc1ccc2cccnn12. The quantitative estimate of drug-likeness (QED) is 0.498. The Kier molecular flexibility index (Phi) is 2.99. The van der Waals surface area contributed by atoms with Crippen LogP contribution >= 0.6 is 12.6 Å². The van der Waals surface area contributed by atoms with Gasteiger partial charge in [0.05, 0.1) is 5.52 Å². The lowest BCUT2D eigenvalue weighted by molar-refractivity contribution is 0.928. The average molecular weight is 190 g/mol. The zero-order valence-corrected chi connectivity index (χ0v) is 7.12. The van der Waals surface area contributed by atoms with Gasteiger partial charge in [0.1, 0.15) is 5.69 Å². The fraction of sp³-hybridized carbons (Fsp3) is 0.100. The first-order chi connectivity index (χ1) is 5.92. The maximum Gasteiger partial charge on any atom is 0.116 e. The van der Waals surface area contributed by atoms with E-state index in [0.717, 1.165) is 11.2 Å². The summed E-state index contributed by atoms with van der Waals surface area (Å²) in [6.45, 7) is 0. The van der Waals surface area contributed by atoms with Crippen LogP contribution in [0.25, 0.3) is 5.52 Å². The van der Waals surface area contributed by atoms with Crippen LogP contribution in [-0.2, 0) is 0 Å². The monoisotopic (exact) mass is 190 g/mol. The van der Waals surface area contributed by atoms with Gasteiger partial charge >= 0.3 is 0 Å². The third-order valence-corrected chi connectivity index (χ3v) is 1.72. The molecule has 0 fully saturated rings. The van der Waals surface area contributed by atoms with E-state index < -0.39 is 0 Å².